The van der Waals surface area contributed by atoms with Crippen molar-refractivity contribution in [2.45, 2.75) is 6.92 Å². The summed E-state index contributed by atoms with van der Waals surface area (Å²) in [6.45, 7) is 1.45. The van der Waals surface area contributed by atoms with Crippen LogP contribution in [0.4, 0.5) is 4.69 Å². The third-order valence-corrected chi connectivity index (χ3v) is 4.06. The third-order valence-electron chi connectivity index (χ3n) is 1.30. The summed E-state index contributed by atoms with van der Waals surface area (Å²) in [7, 11) is 3.69. The van der Waals surface area contributed by atoms with Crippen LogP contribution in [0.25, 0.3) is 0 Å². The molecule has 0 amide bonds. The van der Waals surface area contributed by atoms with Crippen molar-refractivity contribution in [1.29, 1.82) is 0 Å². The number of nitrogens with zero attached hydrogens (tertiary/aromatic N) is 2. The quantitative estimate of drug-likeness (QED) is 0.582. The Labute approximate surface area is 76.6 Å². The normalized spacial score (nSPS) is 9.92. The molecule has 1 N–H and O–H groups in total. The summed E-state index contributed by atoms with van der Waals surface area (Å²) in [5.41, 5.74) is 0. The molecule has 0 atom stereocenters. The van der Waals surface area contributed by atoms with Crippen LogP contribution in [0.2, 0.25) is 0 Å². The van der Waals surface area contributed by atoms with Gasteiger partial charge in [-0.05, 0) is 0 Å². The fourth-order valence-electron chi connectivity index (χ4n) is 0.722. The van der Waals surface area contributed by atoms with E-state index in [1.165, 1.54) is 6.92 Å². The molecule has 1 aromatic heterocycles. The Morgan fingerprint density at radius 1 is 1.58 bits per heavy atom. The first-order valence-corrected chi connectivity index (χ1v) is 5.11. The molecule has 0 saturated carbocycles. The Hall–Kier alpha value is -0.801. The van der Waals surface area contributed by atoms with Crippen molar-refractivity contribution >= 4 is 25.0 Å². The van der Waals surface area contributed by atoms with E-state index in [0.29, 0.717) is 4.44 Å². The Morgan fingerprint density at radius 2 is 2.17 bits per heavy atom. The molecule has 66 valence electrons. The summed E-state index contributed by atoms with van der Waals surface area (Å²) in [6.07, 6.45) is 0. The number of aromatic nitrogens is 1. The SMILES string of the molecule is CC(=O)c1[se]c(N(C)C)nc1O. The van der Waals surface area contributed by atoms with Crippen LogP contribution >= 0.6 is 0 Å². The summed E-state index contributed by atoms with van der Waals surface area (Å²) in [6, 6.07) is 0. The van der Waals surface area contributed by atoms with E-state index in [1.807, 2.05) is 19.0 Å². The van der Waals surface area contributed by atoms with E-state index in [1.54, 1.807) is 0 Å². The molecular formula is C7H10N2O2Se. The van der Waals surface area contributed by atoms with Crippen molar-refractivity contribution in [3.05, 3.63) is 4.44 Å². The number of ketones is 1. The second-order valence-corrected chi connectivity index (χ2v) is 4.65. The molecule has 1 rings (SSSR count). The molecule has 1 aromatic rings. The molecule has 0 aliphatic heterocycles. The van der Waals surface area contributed by atoms with Gasteiger partial charge in [0.25, 0.3) is 0 Å². The molecule has 1 heterocycles. The maximum atomic E-state index is 10.9. The number of aromatic hydroxyl groups is 1. The van der Waals surface area contributed by atoms with Gasteiger partial charge in [-0.3, -0.25) is 0 Å². The Bertz CT molecular complexity index is 306. The monoisotopic (exact) mass is 234 g/mol. The first-order chi connectivity index (χ1) is 5.52. The van der Waals surface area contributed by atoms with Crippen LogP contribution in [0.5, 0.6) is 5.88 Å². The van der Waals surface area contributed by atoms with Crippen molar-refractivity contribution in [2.75, 3.05) is 19.0 Å². The van der Waals surface area contributed by atoms with Gasteiger partial charge in [0, 0.05) is 0 Å². The molecule has 4 nitrogen and oxygen atoms in total. The minimum atomic E-state index is -0.126. The van der Waals surface area contributed by atoms with Crippen LogP contribution in [0.3, 0.4) is 0 Å². The predicted octanol–water partition coefficient (Wildman–Crippen LogP) is 0.113. The van der Waals surface area contributed by atoms with E-state index in [0.717, 1.165) is 4.69 Å². The van der Waals surface area contributed by atoms with Gasteiger partial charge in [-0.2, -0.15) is 0 Å². The molecule has 0 aliphatic carbocycles. The van der Waals surface area contributed by atoms with Gasteiger partial charge >= 0.3 is 76.1 Å². The number of carbonyl (C=O) groups is 1. The molecular weight excluding hydrogens is 223 g/mol. The van der Waals surface area contributed by atoms with E-state index >= 15 is 0 Å². The van der Waals surface area contributed by atoms with Crippen molar-refractivity contribution in [3.8, 4) is 5.88 Å². The topological polar surface area (TPSA) is 53.4 Å². The van der Waals surface area contributed by atoms with Crippen LogP contribution in [0.1, 0.15) is 16.2 Å². The fourth-order valence-corrected chi connectivity index (χ4v) is 2.35. The van der Waals surface area contributed by atoms with Gasteiger partial charge in [0.2, 0.25) is 0 Å². The third kappa shape index (κ3) is 1.68. The predicted molar refractivity (Wildman–Crippen MR) is 47.2 cm³/mol. The van der Waals surface area contributed by atoms with Gasteiger partial charge < -0.3 is 0 Å². The number of Topliss-reactive ketones (excluding diaryl/α,β-unsaturated/α-hetero) is 1. The number of hydrogen-bond acceptors (Lipinski definition) is 4. The van der Waals surface area contributed by atoms with Crippen LogP contribution in [-0.2, 0) is 0 Å². The Morgan fingerprint density at radius 3 is 2.42 bits per heavy atom. The zero-order chi connectivity index (χ0) is 9.30. The molecule has 12 heavy (non-hydrogen) atoms. The molecule has 0 unspecified atom stereocenters. The second-order valence-electron chi connectivity index (χ2n) is 2.60. The van der Waals surface area contributed by atoms with Crippen molar-refractivity contribution in [3.63, 3.8) is 0 Å². The van der Waals surface area contributed by atoms with Crippen LogP contribution in [0, 0.1) is 0 Å². The molecule has 0 fully saturated rings. The van der Waals surface area contributed by atoms with Gasteiger partial charge in [0.1, 0.15) is 0 Å². The number of hydrogen-bond donors (Lipinski definition) is 1. The maximum absolute atomic E-state index is 10.9. The van der Waals surface area contributed by atoms with Crippen LogP contribution in [0.15, 0.2) is 0 Å². The Balaban J connectivity index is 3.09. The van der Waals surface area contributed by atoms with Crippen molar-refractivity contribution in [1.82, 2.24) is 4.98 Å². The standard InChI is InChI=1S/C7H10N2O2Se/c1-4(10)5-6(11)8-7(12-5)9(2)3/h11H,1-3H3. The van der Waals surface area contributed by atoms with Gasteiger partial charge in [0.05, 0.1) is 0 Å². The minimum absolute atomic E-state index is 0.0897. The average Bonchev–Trinajstić information content (AvgIpc) is 2.30. The number of rotatable bonds is 2. The molecule has 0 radical (unpaired) electrons. The summed E-state index contributed by atoms with van der Waals surface area (Å²) in [5.74, 6) is -0.195. The zero-order valence-corrected chi connectivity index (χ0v) is 8.87. The summed E-state index contributed by atoms with van der Waals surface area (Å²) in [5, 5.41) is 9.24. The Kier molecular flexibility index (Phi) is 2.55. The summed E-state index contributed by atoms with van der Waals surface area (Å²) in [4.78, 5) is 16.6. The van der Waals surface area contributed by atoms with Crippen LogP contribution in [-0.4, -0.2) is 44.5 Å². The van der Waals surface area contributed by atoms with Gasteiger partial charge in [-0.15, -0.1) is 0 Å². The average molecular weight is 233 g/mol. The first-order valence-electron chi connectivity index (χ1n) is 3.40. The van der Waals surface area contributed by atoms with E-state index in [2.05, 4.69) is 4.98 Å². The van der Waals surface area contributed by atoms with E-state index < -0.39 is 0 Å². The molecule has 0 aliphatic rings. The summed E-state index contributed by atoms with van der Waals surface area (Å²) < 4.78 is 1.25. The first kappa shape index (κ1) is 9.29. The number of carbonyl (C=O) groups excluding carboxylic acids is 1. The van der Waals surface area contributed by atoms with Crippen molar-refractivity contribution < 1.29 is 9.90 Å². The van der Waals surface area contributed by atoms with Crippen LogP contribution < -0.4 is 4.90 Å². The second kappa shape index (κ2) is 3.29. The summed E-state index contributed by atoms with van der Waals surface area (Å²) >= 11 is -0.126. The van der Waals surface area contributed by atoms with E-state index in [-0.39, 0.29) is 26.2 Å². The number of anilines is 1. The van der Waals surface area contributed by atoms with Gasteiger partial charge in [-0.25, -0.2) is 0 Å². The fraction of sp³-hybridized carbons (Fsp3) is 0.429. The zero-order valence-electron chi connectivity index (χ0n) is 7.16. The molecule has 0 aromatic carbocycles. The van der Waals surface area contributed by atoms with Gasteiger partial charge in [0.15, 0.2) is 0 Å². The molecule has 0 spiro atoms. The molecule has 0 bridgehead atoms. The van der Waals surface area contributed by atoms with Gasteiger partial charge in [-0.1, -0.05) is 0 Å². The van der Waals surface area contributed by atoms with Crippen molar-refractivity contribution in [2.24, 2.45) is 0 Å². The van der Waals surface area contributed by atoms with E-state index in [4.69, 9.17) is 0 Å². The molecule has 5 heteroatoms. The van der Waals surface area contributed by atoms with E-state index in [9.17, 15) is 9.90 Å². The molecule has 0 saturated heterocycles.